The van der Waals surface area contributed by atoms with Crippen molar-refractivity contribution >= 4 is 23.5 Å². The number of carboxylic acid groups (broad SMARTS) is 1. The van der Waals surface area contributed by atoms with E-state index in [0.29, 0.717) is 30.6 Å². The monoisotopic (exact) mass is 484 g/mol. The molecule has 1 saturated heterocycles. The zero-order chi connectivity index (χ0) is 24.9. The maximum absolute atomic E-state index is 13.2. The summed E-state index contributed by atoms with van der Waals surface area (Å²) in [7, 11) is 1.00. The van der Waals surface area contributed by atoms with Crippen molar-refractivity contribution in [1.82, 2.24) is 9.96 Å². The summed E-state index contributed by atoms with van der Waals surface area (Å²) in [6.45, 7) is 2.82. The molecule has 2 aromatic carbocycles. The first-order valence-electron chi connectivity index (χ1n) is 10.0. The summed E-state index contributed by atoms with van der Waals surface area (Å²) in [4.78, 5) is 24.2. The molecule has 5 N–H and O–H groups in total. The van der Waals surface area contributed by atoms with Crippen LogP contribution in [0, 0.1) is 12.7 Å². The summed E-state index contributed by atoms with van der Waals surface area (Å²) < 4.78 is 13.2. The van der Waals surface area contributed by atoms with Crippen molar-refractivity contribution in [3.63, 3.8) is 0 Å². The quantitative estimate of drug-likeness (QED) is 0.419. The van der Waals surface area contributed by atoms with Gasteiger partial charge in [-0.2, -0.15) is 5.06 Å². The van der Waals surface area contributed by atoms with E-state index in [2.05, 4.69) is 0 Å². The number of hydroxylamine groups is 2. The van der Waals surface area contributed by atoms with Crippen LogP contribution >= 0.6 is 11.6 Å². The van der Waals surface area contributed by atoms with Crippen molar-refractivity contribution in [1.29, 1.82) is 0 Å². The van der Waals surface area contributed by atoms with Gasteiger partial charge in [-0.05, 0) is 54.7 Å². The smallest absolute Gasteiger partial charge is 0.323 e. The summed E-state index contributed by atoms with van der Waals surface area (Å²) in [5.41, 5.74) is 2.24. The maximum atomic E-state index is 13.2. The number of fused-ring (bicyclic) bond motifs is 1. The molecule has 1 atom stereocenters. The van der Waals surface area contributed by atoms with Crippen molar-refractivity contribution < 1.29 is 39.6 Å². The Balaban J connectivity index is 0.000000293. The summed E-state index contributed by atoms with van der Waals surface area (Å²) in [6, 6.07) is 5.04. The SMILES string of the molecule is CO.Cc1cc(O)c(O)c2c1CN(Cc1ccc(F)c(Cl)c1)C2=O.O=C(O)C1CCCN1O. The fraction of sp³-hybridized carbons (Fsp3) is 0.364. The Hall–Kier alpha value is -2.92. The van der Waals surface area contributed by atoms with Crippen LogP contribution in [0.2, 0.25) is 5.02 Å². The summed E-state index contributed by atoms with van der Waals surface area (Å²) in [5, 5.41) is 44.6. The van der Waals surface area contributed by atoms with Gasteiger partial charge in [0.15, 0.2) is 11.5 Å². The van der Waals surface area contributed by atoms with Crippen molar-refractivity contribution in [2.45, 2.75) is 38.9 Å². The first-order chi connectivity index (χ1) is 15.6. The Bertz CT molecular complexity index is 1030. The van der Waals surface area contributed by atoms with Gasteiger partial charge in [-0.3, -0.25) is 9.59 Å². The van der Waals surface area contributed by atoms with Gasteiger partial charge in [-0.1, -0.05) is 17.7 Å². The van der Waals surface area contributed by atoms with Crippen molar-refractivity contribution in [2.75, 3.05) is 13.7 Å². The standard InChI is InChI=1S/C16H13ClFNO3.C5H9NO3.CH4O/c1-8-4-13(20)15(21)14-10(8)7-19(16(14)22)6-9-2-3-12(18)11(17)5-9;7-5(8)4-2-1-3-6(4)9;1-2/h2-5,20-21H,6-7H2,1H3;4,9H,1-3H2,(H,7,8);2H,1H3. The molecule has 4 rings (SSSR count). The van der Waals surface area contributed by atoms with E-state index in [1.807, 2.05) is 0 Å². The van der Waals surface area contributed by atoms with Crippen LogP contribution in [0.1, 0.15) is 39.9 Å². The van der Waals surface area contributed by atoms with Crippen LogP contribution in [0.15, 0.2) is 24.3 Å². The van der Waals surface area contributed by atoms with Crippen molar-refractivity contribution in [3.8, 4) is 11.5 Å². The number of aliphatic carboxylic acids is 1. The Morgan fingerprint density at radius 2 is 1.91 bits per heavy atom. The molecule has 2 aliphatic rings. The molecule has 2 aliphatic heterocycles. The molecule has 0 bridgehead atoms. The molecule has 180 valence electrons. The van der Waals surface area contributed by atoms with E-state index in [1.54, 1.807) is 13.0 Å². The van der Waals surface area contributed by atoms with Gasteiger partial charge in [-0.15, -0.1) is 0 Å². The predicted octanol–water partition coefficient (Wildman–Crippen LogP) is 2.89. The maximum Gasteiger partial charge on any atom is 0.323 e. The molecule has 0 aromatic heterocycles. The van der Waals surface area contributed by atoms with Crippen molar-refractivity contribution in [2.24, 2.45) is 0 Å². The normalized spacial score (nSPS) is 17.1. The van der Waals surface area contributed by atoms with Gasteiger partial charge in [0.1, 0.15) is 11.9 Å². The van der Waals surface area contributed by atoms with E-state index in [1.165, 1.54) is 23.1 Å². The van der Waals surface area contributed by atoms with Crippen LogP contribution in [0.3, 0.4) is 0 Å². The van der Waals surface area contributed by atoms with Gasteiger partial charge in [0.05, 0.1) is 10.6 Å². The van der Waals surface area contributed by atoms with Gasteiger partial charge < -0.3 is 30.5 Å². The predicted molar refractivity (Wildman–Crippen MR) is 117 cm³/mol. The number of carbonyl (C=O) groups excluding carboxylic acids is 1. The summed E-state index contributed by atoms with van der Waals surface area (Å²) >= 11 is 5.74. The number of aliphatic hydroxyl groups excluding tert-OH is 1. The van der Waals surface area contributed by atoms with Crippen molar-refractivity contribution in [3.05, 3.63) is 57.4 Å². The number of aryl methyl sites for hydroxylation is 1. The van der Waals surface area contributed by atoms with Crippen LogP contribution in [0.5, 0.6) is 11.5 Å². The van der Waals surface area contributed by atoms with E-state index in [9.17, 15) is 24.2 Å². The molecular formula is C22H26ClFN2O7. The fourth-order valence-electron chi connectivity index (χ4n) is 3.67. The largest absolute Gasteiger partial charge is 0.504 e. The second-order valence-electron chi connectivity index (χ2n) is 7.48. The number of halogens is 2. The Morgan fingerprint density at radius 3 is 2.42 bits per heavy atom. The van der Waals surface area contributed by atoms with Crippen LogP contribution in [-0.2, 0) is 17.9 Å². The van der Waals surface area contributed by atoms with E-state index < -0.39 is 23.6 Å². The van der Waals surface area contributed by atoms with Crippen LogP contribution in [-0.4, -0.2) is 67.2 Å². The number of benzene rings is 2. The number of phenols is 2. The summed E-state index contributed by atoms with van der Waals surface area (Å²) in [6.07, 6.45) is 1.33. The Labute approximate surface area is 194 Å². The highest BCUT2D eigenvalue weighted by molar-refractivity contribution is 6.30. The third-order valence-electron chi connectivity index (χ3n) is 5.33. The highest BCUT2D eigenvalue weighted by Crippen LogP contribution is 2.39. The van der Waals surface area contributed by atoms with E-state index in [0.717, 1.165) is 24.2 Å². The van der Waals surface area contributed by atoms with Gasteiger partial charge in [0.2, 0.25) is 0 Å². The first-order valence-corrected chi connectivity index (χ1v) is 10.4. The number of rotatable bonds is 3. The number of phenolic OH excluding ortho intramolecular Hbond substituents is 2. The molecule has 1 fully saturated rings. The minimum atomic E-state index is -0.935. The molecule has 1 amide bonds. The molecule has 0 radical (unpaired) electrons. The highest BCUT2D eigenvalue weighted by atomic mass is 35.5. The third-order valence-corrected chi connectivity index (χ3v) is 5.62. The van der Waals surface area contributed by atoms with E-state index in [-0.39, 0.29) is 28.8 Å². The minimum Gasteiger partial charge on any atom is -0.504 e. The van der Waals surface area contributed by atoms with Gasteiger partial charge in [0.25, 0.3) is 5.91 Å². The number of hydrogen-bond donors (Lipinski definition) is 5. The molecule has 2 aromatic rings. The molecule has 2 heterocycles. The molecule has 0 spiro atoms. The lowest BCUT2D eigenvalue weighted by Crippen LogP contribution is -2.32. The number of aromatic hydroxyl groups is 2. The lowest BCUT2D eigenvalue weighted by Gasteiger charge is -2.16. The van der Waals surface area contributed by atoms with Gasteiger partial charge >= 0.3 is 5.97 Å². The second kappa shape index (κ2) is 11.3. The Kier molecular flexibility index (Phi) is 9.00. The molecule has 11 heteroatoms. The second-order valence-corrected chi connectivity index (χ2v) is 7.89. The Morgan fingerprint density at radius 1 is 1.24 bits per heavy atom. The first kappa shape index (κ1) is 26.3. The van der Waals surface area contributed by atoms with Crippen LogP contribution in [0.25, 0.3) is 0 Å². The van der Waals surface area contributed by atoms with Crippen LogP contribution in [0.4, 0.5) is 4.39 Å². The zero-order valence-electron chi connectivity index (χ0n) is 18.1. The topological polar surface area (TPSA) is 142 Å². The minimum absolute atomic E-state index is 0.00154. The molecule has 0 saturated carbocycles. The number of amides is 1. The van der Waals surface area contributed by atoms with Gasteiger partial charge in [-0.25, -0.2) is 4.39 Å². The highest BCUT2D eigenvalue weighted by Gasteiger charge is 2.33. The average molecular weight is 485 g/mol. The molecule has 0 aliphatic carbocycles. The fourth-order valence-corrected chi connectivity index (χ4v) is 3.88. The van der Waals surface area contributed by atoms with E-state index in [4.69, 9.17) is 27.0 Å². The lowest BCUT2D eigenvalue weighted by molar-refractivity contribution is -0.160. The zero-order valence-corrected chi connectivity index (χ0v) is 18.9. The van der Waals surface area contributed by atoms with Crippen LogP contribution < -0.4 is 0 Å². The molecule has 33 heavy (non-hydrogen) atoms. The van der Waals surface area contributed by atoms with Gasteiger partial charge in [0, 0.05) is 26.7 Å². The number of nitrogens with zero attached hydrogens (tertiary/aromatic N) is 2. The lowest BCUT2D eigenvalue weighted by atomic mass is 10.0. The van der Waals surface area contributed by atoms with E-state index >= 15 is 0 Å². The number of carbonyl (C=O) groups is 2. The number of hydrogen-bond acceptors (Lipinski definition) is 7. The molecule has 9 nitrogen and oxygen atoms in total. The average Bonchev–Trinajstić information content (AvgIpc) is 3.35. The number of carboxylic acids is 1. The number of aliphatic hydroxyl groups is 1. The third kappa shape index (κ3) is 5.91. The molecule has 1 unspecified atom stereocenters. The molecular weight excluding hydrogens is 459 g/mol. The summed E-state index contributed by atoms with van der Waals surface area (Å²) in [5.74, 6) is -2.52.